The van der Waals surface area contributed by atoms with Crippen LogP contribution in [0.3, 0.4) is 0 Å². The molecule has 29 heavy (non-hydrogen) atoms. The molecule has 148 valence electrons. The first-order chi connectivity index (χ1) is 13.8. The average molecular weight is 392 g/mol. The number of carbonyl (C=O) groups is 3. The number of rotatable bonds is 4. The predicted octanol–water partition coefficient (Wildman–Crippen LogP) is 2.58. The van der Waals surface area contributed by atoms with Gasteiger partial charge >= 0.3 is 5.97 Å². The van der Waals surface area contributed by atoms with E-state index in [9.17, 15) is 14.4 Å². The number of aromatic nitrogens is 3. The van der Waals surface area contributed by atoms with Gasteiger partial charge in [-0.25, -0.2) is 9.78 Å². The molecular formula is C21H20N4O4. The average Bonchev–Trinajstić information content (AvgIpc) is 3.10. The van der Waals surface area contributed by atoms with Gasteiger partial charge in [-0.05, 0) is 50.5 Å². The monoisotopic (exact) mass is 392 g/mol. The van der Waals surface area contributed by atoms with Crippen LogP contribution in [-0.4, -0.2) is 37.6 Å². The van der Waals surface area contributed by atoms with Crippen LogP contribution in [0.25, 0.3) is 11.0 Å². The van der Waals surface area contributed by atoms with E-state index in [1.807, 2.05) is 27.8 Å². The molecule has 0 spiro atoms. The van der Waals surface area contributed by atoms with Crippen molar-refractivity contribution in [1.82, 2.24) is 19.8 Å². The number of benzene rings is 1. The summed E-state index contributed by atoms with van der Waals surface area (Å²) >= 11 is 0. The minimum Gasteiger partial charge on any atom is -0.330 e. The second kappa shape index (κ2) is 6.80. The maximum atomic E-state index is 12.4. The number of pyridine rings is 1. The molecule has 0 N–H and O–H groups in total. The first kappa shape index (κ1) is 18.8. The van der Waals surface area contributed by atoms with Gasteiger partial charge in [0.25, 0.3) is 11.8 Å². The van der Waals surface area contributed by atoms with Crippen molar-refractivity contribution in [2.24, 2.45) is 7.05 Å². The summed E-state index contributed by atoms with van der Waals surface area (Å²) in [5.74, 6) is -1.90. The van der Waals surface area contributed by atoms with E-state index in [0.717, 1.165) is 33.5 Å². The van der Waals surface area contributed by atoms with E-state index in [2.05, 4.69) is 10.1 Å². The molecule has 0 radical (unpaired) electrons. The summed E-state index contributed by atoms with van der Waals surface area (Å²) in [4.78, 5) is 46.7. The molecule has 3 heterocycles. The number of fused-ring (bicyclic) bond motifs is 2. The Morgan fingerprint density at radius 3 is 2.28 bits per heavy atom. The number of amides is 2. The third kappa shape index (κ3) is 2.97. The van der Waals surface area contributed by atoms with Gasteiger partial charge in [0.15, 0.2) is 5.65 Å². The first-order valence-corrected chi connectivity index (χ1v) is 9.27. The van der Waals surface area contributed by atoms with Gasteiger partial charge in [0, 0.05) is 18.1 Å². The number of hydrogen-bond acceptors (Lipinski definition) is 6. The van der Waals surface area contributed by atoms with Crippen molar-refractivity contribution in [2.75, 3.05) is 0 Å². The zero-order valence-corrected chi connectivity index (χ0v) is 16.6. The van der Waals surface area contributed by atoms with Gasteiger partial charge in [0.05, 0.1) is 23.2 Å². The molecule has 2 amide bonds. The van der Waals surface area contributed by atoms with Gasteiger partial charge in [0.1, 0.15) is 0 Å². The molecule has 4 rings (SSSR count). The van der Waals surface area contributed by atoms with Gasteiger partial charge < -0.3 is 4.84 Å². The molecule has 3 aromatic rings. The summed E-state index contributed by atoms with van der Waals surface area (Å²) in [5, 5.41) is 5.93. The zero-order valence-electron chi connectivity index (χ0n) is 16.6. The summed E-state index contributed by atoms with van der Waals surface area (Å²) in [6, 6.07) is 6.38. The van der Waals surface area contributed by atoms with Crippen molar-refractivity contribution < 1.29 is 19.2 Å². The molecule has 0 fully saturated rings. The molecule has 0 atom stereocenters. The van der Waals surface area contributed by atoms with Crippen molar-refractivity contribution in [3.05, 3.63) is 57.9 Å². The number of carbonyl (C=O) groups excluding carboxylic acids is 3. The minimum absolute atomic E-state index is 0.0155. The highest BCUT2D eigenvalue weighted by molar-refractivity contribution is 6.20. The Kier molecular flexibility index (Phi) is 4.41. The standard InChI is InChI=1S/C21H20N4O4/c1-11-14(12(2)22-19-18(11)13(3)23-24(19)4)9-10-17(26)29-25-20(27)15-7-5-6-8-16(15)21(25)28/h5-8H,9-10H2,1-4H3. The normalized spacial score (nSPS) is 13.3. The van der Waals surface area contributed by atoms with Gasteiger partial charge in [-0.3, -0.25) is 14.3 Å². The fourth-order valence-corrected chi connectivity index (χ4v) is 3.85. The largest absolute Gasteiger partial charge is 0.333 e. The quantitative estimate of drug-likeness (QED) is 0.634. The molecule has 0 bridgehead atoms. The molecule has 1 aromatic carbocycles. The lowest BCUT2D eigenvalue weighted by Crippen LogP contribution is -2.32. The number of imide groups is 1. The van der Waals surface area contributed by atoms with E-state index < -0.39 is 17.8 Å². The first-order valence-electron chi connectivity index (χ1n) is 9.27. The fraction of sp³-hybridized carbons (Fsp3) is 0.286. The maximum Gasteiger partial charge on any atom is 0.333 e. The SMILES string of the molecule is Cc1nc2c(c(C)nn2C)c(C)c1CCC(=O)ON1C(=O)c2ccccc2C1=O. The highest BCUT2D eigenvalue weighted by atomic mass is 16.7. The highest BCUT2D eigenvalue weighted by Gasteiger charge is 2.38. The highest BCUT2D eigenvalue weighted by Crippen LogP contribution is 2.27. The summed E-state index contributed by atoms with van der Waals surface area (Å²) < 4.78 is 1.74. The summed E-state index contributed by atoms with van der Waals surface area (Å²) in [6.45, 7) is 5.79. The van der Waals surface area contributed by atoms with E-state index in [1.165, 1.54) is 12.1 Å². The molecule has 2 aromatic heterocycles. The summed E-state index contributed by atoms with van der Waals surface area (Å²) in [6.07, 6.45) is 0.401. The summed E-state index contributed by atoms with van der Waals surface area (Å²) in [7, 11) is 1.85. The van der Waals surface area contributed by atoms with Crippen molar-refractivity contribution >= 4 is 28.8 Å². The van der Waals surface area contributed by atoms with Crippen molar-refractivity contribution in [2.45, 2.75) is 33.6 Å². The van der Waals surface area contributed by atoms with Crippen LogP contribution in [0.4, 0.5) is 0 Å². The van der Waals surface area contributed by atoms with E-state index in [4.69, 9.17) is 4.84 Å². The Balaban J connectivity index is 1.51. The number of aryl methyl sites for hydroxylation is 4. The molecule has 8 nitrogen and oxygen atoms in total. The molecule has 0 unspecified atom stereocenters. The minimum atomic E-state index is -0.652. The number of hydroxylamine groups is 2. The van der Waals surface area contributed by atoms with Gasteiger partial charge in [-0.15, -0.1) is 0 Å². The molecule has 0 saturated heterocycles. The van der Waals surface area contributed by atoms with Gasteiger partial charge in [-0.2, -0.15) is 5.10 Å². The molecule has 0 aliphatic carbocycles. The van der Waals surface area contributed by atoms with Gasteiger partial charge in [0.2, 0.25) is 0 Å². The maximum absolute atomic E-state index is 12.4. The van der Waals surface area contributed by atoms with Gasteiger partial charge in [-0.1, -0.05) is 17.2 Å². The fourth-order valence-electron chi connectivity index (χ4n) is 3.85. The zero-order chi connectivity index (χ0) is 20.9. The molecular weight excluding hydrogens is 372 g/mol. The molecule has 1 aliphatic heterocycles. The van der Waals surface area contributed by atoms with Crippen LogP contribution < -0.4 is 0 Å². The van der Waals surface area contributed by atoms with Crippen LogP contribution >= 0.6 is 0 Å². The van der Waals surface area contributed by atoms with Crippen molar-refractivity contribution in [1.29, 1.82) is 0 Å². The van der Waals surface area contributed by atoms with Crippen LogP contribution in [0, 0.1) is 20.8 Å². The lowest BCUT2D eigenvalue weighted by molar-refractivity contribution is -0.168. The van der Waals surface area contributed by atoms with Crippen LogP contribution in [0.5, 0.6) is 0 Å². The second-order valence-electron chi connectivity index (χ2n) is 7.12. The number of hydrogen-bond donors (Lipinski definition) is 0. The van der Waals surface area contributed by atoms with Crippen LogP contribution in [0.2, 0.25) is 0 Å². The third-order valence-corrected chi connectivity index (χ3v) is 5.26. The predicted molar refractivity (Wildman–Crippen MR) is 104 cm³/mol. The van der Waals surface area contributed by atoms with E-state index in [1.54, 1.807) is 16.8 Å². The number of nitrogens with zero attached hydrogens (tertiary/aromatic N) is 4. The lowest BCUT2D eigenvalue weighted by Gasteiger charge is -2.14. The van der Waals surface area contributed by atoms with E-state index >= 15 is 0 Å². The van der Waals surface area contributed by atoms with E-state index in [0.29, 0.717) is 11.5 Å². The Hall–Kier alpha value is -3.55. The Labute approximate surface area is 167 Å². The third-order valence-electron chi connectivity index (χ3n) is 5.26. The van der Waals surface area contributed by atoms with Crippen LogP contribution in [0.15, 0.2) is 24.3 Å². The van der Waals surface area contributed by atoms with Crippen LogP contribution in [-0.2, 0) is 23.1 Å². The Morgan fingerprint density at radius 1 is 1.03 bits per heavy atom. The molecule has 0 saturated carbocycles. The van der Waals surface area contributed by atoms with Crippen molar-refractivity contribution in [3.63, 3.8) is 0 Å². The Bertz CT molecular complexity index is 1160. The molecule has 8 heteroatoms. The Morgan fingerprint density at radius 2 is 1.66 bits per heavy atom. The lowest BCUT2D eigenvalue weighted by atomic mass is 9.99. The topological polar surface area (TPSA) is 94.4 Å². The second-order valence-corrected chi connectivity index (χ2v) is 7.12. The summed E-state index contributed by atoms with van der Waals surface area (Å²) in [5.41, 5.74) is 4.92. The molecule has 1 aliphatic rings. The van der Waals surface area contributed by atoms with Crippen molar-refractivity contribution in [3.8, 4) is 0 Å². The van der Waals surface area contributed by atoms with Crippen LogP contribution in [0.1, 0.15) is 49.7 Å². The smallest absolute Gasteiger partial charge is 0.330 e. The van der Waals surface area contributed by atoms with E-state index in [-0.39, 0.29) is 17.5 Å².